The van der Waals surface area contributed by atoms with Gasteiger partial charge in [0.15, 0.2) is 11.5 Å². The number of nitrogens with one attached hydrogen (secondary N) is 1. The summed E-state index contributed by atoms with van der Waals surface area (Å²) >= 11 is 0. The SMILES string of the molecule is COc1ccc(C(Cc2ccoc2)NN)c(OC)c1OC. The normalized spacial score (nSPS) is 12.0. The van der Waals surface area contributed by atoms with Gasteiger partial charge in [0, 0.05) is 5.56 Å². The Hall–Kier alpha value is -2.18. The summed E-state index contributed by atoms with van der Waals surface area (Å²) in [6.45, 7) is 0. The summed E-state index contributed by atoms with van der Waals surface area (Å²) in [5.41, 5.74) is 4.73. The molecule has 0 radical (unpaired) electrons. The van der Waals surface area contributed by atoms with E-state index in [1.165, 1.54) is 0 Å². The predicted octanol–water partition coefficient (Wildman–Crippen LogP) is 2.05. The second-order valence-electron chi connectivity index (χ2n) is 4.48. The molecule has 2 rings (SSSR count). The molecule has 21 heavy (non-hydrogen) atoms. The van der Waals surface area contributed by atoms with Crippen LogP contribution in [-0.4, -0.2) is 21.3 Å². The second-order valence-corrected chi connectivity index (χ2v) is 4.48. The molecule has 1 atom stereocenters. The number of methoxy groups -OCH3 is 3. The first-order valence-electron chi connectivity index (χ1n) is 6.51. The largest absolute Gasteiger partial charge is 0.493 e. The maximum atomic E-state index is 5.70. The molecule has 2 aromatic rings. The first-order chi connectivity index (χ1) is 10.2. The minimum Gasteiger partial charge on any atom is -0.493 e. The molecule has 0 saturated carbocycles. The molecular formula is C15H20N2O4. The Morgan fingerprint density at radius 3 is 2.38 bits per heavy atom. The molecule has 114 valence electrons. The average molecular weight is 292 g/mol. The van der Waals surface area contributed by atoms with E-state index >= 15 is 0 Å². The third-order valence-electron chi connectivity index (χ3n) is 3.33. The summed E-state index contributed by atoms with van der Waals surface area (Å²) in [4.78, 5) is 0. The molecule has 1 unspecified atom stereocenters. The van der Waals surface area contributed by atoms with Gasteiger partial charge in [0.05, 0.1) is 39.9 Å². The van der Waals surface area contributed by atoms with Crippen LogP contribution in [0.2, 0.25) is 0 Å². The van der Waals surface area contributed by atoms with E-state index in [1.54, 1.807) is 33.9 Å². The van der Waals surface area contributed by atoms with Crippen LogP contribution in [0.4, 0.5) is 0 Å². The molecule has 6 nitrogen and oxygen atoms in total. The topological polar surface area (TPSA) is 78.9 Å². The molecule has 0 aliphatic heterocycles. The van der Waals surface area contributed by atoms with Crippen molar-refractivity contribution >= 4 is 0 Å². The van der Waals surface area contributed by atoms with Gasteiger partial charge in [0.25, 0.3) is 0 Å². The summed E-state index contributed by atoms with van der Waals surface area (Å²) in [5.74, 6) is 7.45. The average Bonchev–Trinajstić information content (AvgIpc) is 3.04. The molecule has 1 aromatic carbocycles. The van der Waals surface area contributed by atoms with Crippen molar-refractivity contribution in [2.75, 3.05) is 21.3 Å². The lowest BCUT2D eigenvalue weighted by atomic mass is 9.99. The lowest BCUT2D eigenvalue weighted by molar-refractivity contribution is 0.319. The summed E-state index contributed by atoms with van der Waals surface area (Å²) in [6, 6.07) is 5.50. The van der Waals surface area contributed by atoms with Crippen LogP contribution >= 0.6 is 0 Å². The number of nitrogens with two attached hydrogens (primary N) is 1. The van der Waals surface area contributed by atoms with Crippen molar-refractivity contribution in [3.63, 3.8) is 0 Å². The van der Waals surface area contributed by atoms with Gasteiger partial charge in [-0.2, -0.15) is 0 Å². The van der Waals surface area contributed by atoms with E-state index in [1.807, 2.05) is 18.2 Å². The fraction of sp³-hybridized carbons (Fsp3) is 0.333. The lowest BCUT2D eigenvalue weighted by Crippen LogP contribution is -2.30. The summed E-state index contributed by atoms with van der Waals surface area (Å²) in [6.07, 6.45) is 3.99. The fourth-order valence-electron chi connectivity index (χ4n) is 2.30. The van der Waals surface area contributed by atoms with E-state index in [9.17, 15) is 0 Å². The minimum atomic E-state index is -0.141. The van der Waals surface area contributed by atoms with Gasteiger partial charge in [-0.15, -0.1) is 0 Å². The quantitative estimate of drug-likeness (QED) is 0.600. The van der Waals surface area contributed by atoms with E-state index in [-0.39, 0.29) is 6.04 Å². The fourth-order valence-corrected chi connectivity index (χ4v) is 2.30. The van der Waals surface area contributed by atoms with Gasteiger partial charge in [0.1, 0.15) is 0 Å². The smallest absolute Gasteiger partial charge is 0.203 e. The van der Waals surface area contributed by atoms with Crippen molar-refractivity contribution in [3.8, 4) is 17.2 Å². The van der Waals surface area contributed by atoms with Gasteiger partial charge in [-0.05, 0) is 30.2 Å². The highest BCUT2D eigenvalue weighted by atomic mass is 16.5. The number of furan rings is 1. The Labute approximate surface area is 123 Å². The van der Waals surface area contributed by atoms with Gasteiger partial charge in [-0.1, -0.05) is 0 Å². The Morgan fingerprint density at radius 1 is 1.10 bits per heavy atom. The monoisotopic (exact) mass is 292 g/mol. The highest BCUT2D eigenvalue weighted by Gasteiger charge is 2.22. The third-order valence-corrected chi connectivity index (χ3v) is 3.33. The Bertz CT molecular complexity index is 569. The molecule has 0 aliphatic rings. The first-order valence-corrected chi connectivity index (χ1v) is 6.51. The van der Waals surface area contributed by atoms with Gasteiger partial charge < -0.3 is 18.6 Å². The number of benzene rings is 1. The third kappa shape index (κ3) is 3.12. The van der Waals surface area contributed by atoms with E-state index in [2.05, 4.69) is 5.43 Å². The van der Waals surface area contributed by atoms with Crippen molar-refractivity contribution in [2.24, 2.45) is 5.84 Å². The van der Waals surface area contributed by atoms with Crippen LogP contribution in [0.25, 0.3) is 0 Å². The number of ether oxygens (including phenoxy) is 3. The number of hydrogen-bond acceptors (Lipinski definition) is 6. The summed E-state index contributed by atoms with van der Waals surface area (Å²) < 4.78 is 21.3. The van der Waals surface area contributed by atoms with E-state index < -0.39 is 0 Å². The zero-order chi connectivity index (χ0) is 15.2. The van der Waals surface area contributed by atoms with Crippen molar-refractivity contribution in [1.29, 1.82) is 0 Å². The molecule has 0 bridgehead atoms. The van der Waals surface area contributed by atoms with Crippen molar-refractivity contribution in [1.82, 2.24) is 5.43 Å². The maximum absolute atomic E-state index is 5.70. The minimum absolute atomic E-state index is 0.141. The molecule has 0 amide bonds. The van der Waals surface area contributed by atoms with Crippen molar-refractivity contribution < 1.29 is 18.6 Å². The number of hydrazine groups is 1. The predicted molar refractivity (Wildman–Crippen MR) is 78.6 cm³/mol. The Kier molecular flexibility index (Phi) is 5.08. The van der Waals surface area contributed by atoms with Crippen LogP contribution in [0, 0.1) is 0 Å². The van der Waals surface area contributed by atoms with Crippen LogP contribution in [0.1, 0.15) is 17.2 Å². The zero-order valence-corrected chi connectivity index (χ0v) is 12.4. The van der Waals surface area contributed by atoms with Gasteiger partial charge in [-0.3, -0.25) is 11.3 Å². The van der Waals surface area contributed by atoms with Crippen LogP contribution in [0.5, 0.6) is 17.2 Å². The Morgan fingerprint density at radius 2 is 1.86 bits per heavy atom. The van der Waals surface area contributed by atoms with E-state index in [0.717, 1.165) is 11.1 Å². The standard InChI is InChI=1S/C15H20N2O4/c1-18-13-5-4-11(14(19-2)15(13)20-3)12(17-16)8-10-6-7-21-9-10/h4-7,9,12,17H,8,16H2,1-3H3. The molecule has 0 spiro atoms. The van der Waals surface area contributed by atoms with Crippen LogP contribution < -0.4 is 25.5 Å². The number of hydrogen-bond donors (Lipinski definition) is 2. The molecule has 3 N–H and O–H groups in total. The molecular weight excluding hydrogens is 272 g/mol. The molecule has 0 aliphatic carbocycles. The molecule has 6 heteroatoms. The van der Waals surface area contributed by atoms with E-state index in [0.29, 0.717) is 23.7 Å². The van der Waals surface area contributed by atoms with Gasteiger partial charge in [-0.25, -0.2) is 0 Å². The highest BCUT2D eigenvalue weighted by Crippen LogP contribution is 2.42. The maximum Gasteiger partial charge on any atom is 0.203 e. The second kappa shape index (κ2) is 7.01. The van der Waals surface area contributed by atoms with Crippen molar-refractivity contribution in [2.45, 2.75) is 12.5 Å². The molecule has 0 saturated heterocycles. The van der Waals surface area contributed by atoms with Crippen LogP contribution in [-0.2, 0) is 6.42 Å². The van der Waals surface area contributed by atoms with Gasteiger partial charge in [0.2, 0.25) is 5.75 Å². The molecule has 1 aromatic heterocycles. The lowest BCUT2D eigenvalue weighted by Gasteiger charge is -2.21. The Balaban J connectivity index is 2.40. The van der Waals surface area contributed by atoms with Crippen LogP contribution in [0.3, 0.4) is 0 Å². The number of rotatable bonds is 7. The summed E-state index contributed by atoms with van der Waals surface area (Å²) in [5, 5.41) is 0. The summed E-state index contributed by atoms with van der Waals surface area (Å²) in [7, 11) is 4.75. The molecule has 1 heterocycles. The van der Waals surface area contributed by atoms with Crippen LogP contribution in [0.15, 0.2) is 35.1 Å². The van der Waals surface area contributed by atoms with E-state index in [4.69, 9.17) is 24.5 Å². The highest BCUT2D eigenvalue weighted by molar-refractivity contribution is 5.56. The van der Waals surface area contributed by atoms with Gasteiger partial charge >= 0.3 is 0 Å². The zero-order valence-electron chi connectivity index (χ0n) is 12.4. The van der Waals surface area contributed by atoms with Crippen molar-refractivity contribution in [3.05, 3.63) is 41.9 Å². The molecule has 0 fully saturated rings. The first kappa shape index (κ1) is 15.2.